The second-order valence-corrected chi connectivity index (χ2v) is 5.95. The third-order valence-corrected chi connectivity index (χ3v) is 4.12. The summed E-state index contributed by atoms with van der Waals surface area (Å²) in [5, 5.41) is 4.41. The van der Waals surface area contributed by atoms with Crippen LogP contribution in [0.3, 0.4) is 0 Å². The van der Waals surface area contributed by atoms with Crippen LogP contribution in [-0.4, -0.2) is 50.8 Å². The van der Waals surface area contributed by atoms with Crippen molar-refractivity contribution in [3.63, 3.8) is 0 Å². The summed E-state index contributed by atoms with van der Waals surface area (Å²) in [7, 11) is 4.18. The van der Waals surface area contributed by atoms with Crippen molar-refractivity contribution >= 4 is 34.3 Å². The summed E-state index contributed by atoms with van der Waals surface area (Å²) in [5.41, 5.74) is 0.642. The molecular weight excluding hydrogens is 376 g/mol. The van der Waals surface area contributed by atoms with Crippen molar-refractivity contribution in [1.82, 2.24) is 4.98 Å². The topological polar surface area (TPSA) is 113 Å². The van der Waals surface area contributed by atoms with Crippen LogP contribution in [0.1, 0.15) is 16.1 Å². The molecule has 0 radical (unpaired) electrons. The van der Waals surface area contributed by atoms with E-state index in [2.05, 4.69) is 15.0 Å². The van der Waals surface area contributed by atoms with Gasteiger partial charge in [-0.2, -0.15) is 0 Å². The molecule has 2 rings (SSSR count). The zero-order chi connectivity index (χ0) is 19.8. The smallest absolute Gasteiger partial charge is 0.342 e. The van der Waals surface area contributed by atoms with Crippen LogP contribution in [-0.2, 0) is 25.5 Å². The molecule has 0 fully saturated rings. The van der Waals surface area contributed by atoms with E-state index in [9.17, 15) is 14.4 Å². The monoisotopic (exact) mass is 394 g/mol. The molecule has 27 heavy (non-hydrogen) atoms. The number of benzene rings is 1. The van der Waals surface area contributed by atoms with Gasteiger partial charge in [0.2, 0.25) is 0 Å². The van der Waals surface area contributed by atoms with Crippen molar-refractivity contribution in [1.29, 1.82) is 0 Å². The summed E-state index contributed by atoms with van der Waals surface area (Å²) in [6, 6.07) is 4.60. The predicted molar refractivity (Wildman–Crippen MR) is 96.3 cm³/mol. The Labute approximate surface area is 159 Å². The molecule has 1 aromatic heterocycles. The molecule has 0 unspecified atom stereocenters. The SMILES string of the molecule is COC(=O)Cc1csc(NC(=O)COC(=O)c2ccc(OC)cc2OC)n1. The minimum absolute atomic E-state index is 0.00905. The first-order chi connectivity index (χ1) is 13.0. The Kier molecular flexibility index (Phi) is 7.12. The van der Waals surface area contributed by atoms with Crippen molar-refractivity contribution in [2.75, 3.05) is 33.3 Å². The molecule has 0 aliphatic carbocycles. The minimum atomic E-state index is -0.713. The molecule has 2 aromatic rings. The number of hydrogen-bond donors (Lipinski definition) is 1. The van der Waals surface area contributed by atoms with Crippen molar-refractivity contribution < 1.29 is 33.3 Å². The van der Waals surface area contributed by atoms with Gasteiger partial charge in [-0.3, -0.25) is 14.9 Å². The Bertz CT molecular complexity index is 834. The van der Waals surface area contributed by atoms with Crippen molar-refractivity contribution in [2.24, 2.45) is 0 Å². The highest BCUT2D eigenvalue weighted by Crippen LogP contribution is 2.25. The average molecular weight is 394 g/mol. The molecule has 0 bridgehead atoms. The number of methoxy groups -OCH3 is 3. The number of rotatable bonds is 8. The van der Waals surface area contributed by atoms with Gasteiger partial charge in [-0.05, 0) is 12.1 Å². The lowest BCUT2D eigenvalue weighted by Gasteiger charge is -2.10. The fraction of sp³-hybridized carbons (Fsp3) is 0.294. The molecule has 0 saturated carbocycles. The lowest BCUT2D eigenvalue weighted by atomic mass is 10.2. The number of thiazole rings is 1. The van der Waals surface area contributed by atoms with Crippen LogP contribution in [0.5, 0.6) is 11.5 Å². The second-order valence-electron chi connectivity index (χ2n) is 5.09. The van der Waals surface area contributed by atoms with Crippen LogP contribution < -0.4 is 14.8 Å². The van der Waals surface area contributed by atoms with Crippen molar-refractivity contribution in [3.8, 4) is 11.5 Å². The largest absolute Gasteiger partial charge is 0.497 e. The standard InChI is InChI=1S/C17H18N2O7S/c1-23-11-4-5-12(13(7-11)24-2)16(22)26-8-14(20)19-17-18-10(9-27-17)6-15(21)25-3/h4-5,7,9H,6,8H2,1-3H3,(H,18,19,20). The molecule has 0 aliphatic heterocycles. The zero-order valence-electron chi connectivity index (χ0n) is 14.9. The third kappa shape index (κ3) is 5.68. The highest BCUT2D eigenvalue weighted by molar-refractivity contribution is 7.13. The van der Waals surface area contributed by atoms with Crippen LogP contribution >= 0.6 is 11.3 Å². The molecule has 144 valence electrons. The van der Waals surface area contributed by atoms with E-state index in [4.69, 9.17) is 14.2 Å². The Morgan fingerprint density at radius 1 is 1.15 bits per heavy atom. The predicted octanol–water partition coefficient (Wildman–Crippen LogP) is 1.67. The maximum atomic E-state index is 12.2. The molecular formula is C17H18N2O7S. The number of aromatic nitrogens is 1. The first-order valence-electron chi connectivity index (χ1n) is 7.67. The van der Waals surface area contributed by atoms with Gasteiger partial charge in [-0.1, -0.05) is 0 Å². The normalized spacial score (nSPS) is 10.0. The Balaban J connectivity index is 1.90. The average Bonchev–Trinajstić information content (AvgIpc) is 3.11. The van der Waals surface area contributed by atoms with Gasteiger partial charge in [0.05, 0.1) is 33.4 Å². The number of ether oxygens (including phenoxy) is 4. The first-order valence-corrected chi connectivity index (χ1v) is 8.55. The summed E-state index contributed by atoms with van der Waals surface area (Å²) in [6.45, 7) is -0.500. The van der Waals surface area contributed by atoms with Gasteiger partial charge in [0.25, 0.3) is 5.91 Å². The number of carbonyl (C=O) groups excluding carboxylic acids is 3. The number of nitrogens with one attached hydrogen (secondary N) is 1. The second kappa shape index (κ2) is 9.53. The highest BCUT2D eigenvalue weighted by Gasteiger charge is 2.17. The van der Waals surface area contributed by atoms with Crippen LogP contribution in [0.15, 0.2) is 23.6 Å². The van der Waals surface area contributed by atoms with Gasteiger partial charge in [-0.25, -0.2) is 9.78 Å². The summed E-state index contributed by atoms with van der Waals surface area (Å²) >= 11 is 1.15. The summed E-state index contributed by atoms with van der Waals surface area (Å²) in [5.74, 6) is -0.912. The van der Waals surface area contributed by atoms with Gasteiger partial charge in [0, 0.05) is 11.4 Å². The summed E-state index contributed by atoms with van der Waals surface area (Å²) in [6.07, 6.45) is 0.00905. The molecule has 1 heterocycles. The van der Waals surface area contributed by atoms with Crippen LogP contribution in [0.4, 0.5) is 5.13 Å². The molecule has 9 nitrogen and oxygen atoms in total. The quantitative estimate of drug-likeness (QED) is 0.673. The van der Waals surface area contributed by atoms with E-state index in [0.717, 1.165) is 11.3 Å². The maximum Gasteiger partial charge on any atom is 0.342 e. The molecule has 0 aliphatic rings. The van der Waals surface area contributed by atoms with E-state index in [1.54, 1.807) is 11.4 Å². The molecule has 0 spiro atoms. The van der Waals surface area contributed by atoms with E-state index in [1.807, 2.05) is 0 Å². The molecule has 1 amide bonds. The van der Waals surface area contributed by atoms with Crippen molar-refractivity contribution in [3.05, 3.63) is 34.8 Å². The summed E-state index contributed by atoms with van der Waals surface area (Å²) < 4.78 is 19.7. The maximum absolute atomic E-state index is 12.2. The van der Waals surface area contributed by atoms with E-state index in [-0.39, 0.29) is 22.9 Å². The van der Waals surface area contributed by atoms with Crippen LogP contribution in [0, 0.1) is 0 Å². The van der Waals surface area contributed by atoms with E-state index in [1.165, 1.54) is 33.5 Å². The molecule has 1 aromatic carbocycles. The Morgan fingerprint density at radius 3 is 2.59 bits per heavy atom. The van der Waals surface area contributed by atoms with E-state index >= 15 is 0 Å². The van der Waals surface area contributed by atoms with Crippen LogP contribution in [0.2, 0.25) is 0 Å². The zero-order valence-corrected chi connectivity index (χ0v) is 15.8. The number of anilines is 1. The molecule has 10 heteroatoms. The fourth-order valence-corrected chi connectivity index (χ4v) is 2.72. The molecule has 1 N–H and O–H groups in total. The van der Waals surface area contributed by atoms with E-state index in [0.29, 0.717) is 11.4 Å². The van der Waals surface area contributed by atoms with Gasteiger partial charge in [0.1, 0.15) is 17.1 Å². The first kappa shape index (κ1) is 20.2. The summed E-state index contributed by atoms with van der Waals surface area (Å²) in [4.78, 5) is 39.4. The Hall–Kier alpha value is -3.14. The molecule has 0 atom stereocenters. The Morgan fingerprint density at radius 2 is 1.93 bits per heavy atom. The highest BCUT2D eigenvalue weighted by atomic mass is 32.1. The number of hydrogen-bond acceptors (Lipinski definition) is 9. The number of carbonyl (C=O) groups is 3. The number of esters is 2. The van der Waals surface area contributed by atoms with Gasteiger partial charge < -0.3 is 18.9 Å². The lowest BCUT2D eigenvalue weighted by molar-refractivity contribution is -0.139. The van der Waals surface area contributed by atoms with Gasteiger partial charge in [-0.15, -0.1) is 11.3 Å². The van der Waals surface area contributed by atoms with Crippen molar-refractivity contribution in [2.45, 2.75) is 6.42 Å². The third-order valence-electron chi connectivity index (χ3n) is 3.31. The van der Waals surface area contributed by atoms with Gasteiger partial charge in [0.15, 0.2) is 11.7 Å². The number of amides is 1. The van der Waals surface area contributed by atoms with E-state index < -0.39 is 24.5 Å². The lowest BCUT2D eigenvalue weighted by Crippen LogP contribution is -2.21. The van der Waals surface area contributed by atoms with Gasteiger partial charge >= 0.3 is 11.9 Å². The fourth-order valence-electron chi connectivity index (χ4n) is 2.00. The minimum Gasteiger partial charge on any atom is -0.497 e. The molecule has 0 saturated heterocycles. The van der Waals surface area contributed by atoms with Crippen LogP contribution in [0.25, 0.3) is 0 Å². The number of nitrogens with zero attached hydrogens (tertiary/aromatic N) is 1.